The molecule has 2 amide bonds. The highest BCUT2D eigenvalue weighted by Gasteiger charge is 2.15. The van der Waals surface area contributed by atoms with Crippen LogP contribution < -0.4 is 10.6 Å². The topological polar surface area (TPSA) is 138 Å². The lowest BCUT2D eigenvalue weighted by Crippen LogP contribution is -2.48. The molecule has 0 aromatic heterocycles. The van der Waals surface area contributed by atoms with Crippen LogP contribution in [0.5, 0.6) is 0 Å². The maximum atomic E-state index is 11.2. The number of amides is 2. The Morgan fingerprint density at radius 3 is 1.16 bits per heavy atom. The molecule has 0 saturated carbocycles. The molecule has 0 radical (unpaired) electrons. The Balaban J connectivity index is -0.000000416. The molecule has 0 heterocycles. The molecule has 11 heteroatoms. The van der Waals surface area contributed by atoms with Crippen molar-refractivity contribution in [2.24, 2.45) is 0 Å². The van der Waals surface area contributed by atoms with Gasteiger partial charge in [0.2, 0.25) is 0 Å². The highest BCUT2D eigenvalue weighted by atomic mass is 32.3. The van der Waals surface area contributed by atoms with Gasteiger partial charge >= 0.3 is 0 Å². The van der Waals surface area contributed by atoms with Gasteiger partial charge in [-0.05, 0) is 26.7 Å². The Labute approximate surface area is 188 Å². The zero-order valence-corrected chi connectivity index (χ0v) is 21.2. The van der Waals surface area contributed by atoms with Crippen molar-refractivity contribution in [3.63, 3.8) is 0 Å². The van der Waals surface area contributed by atoms with Crippen molar-refractivity contribution >= 4 is 22.2 Å². The van der Waals surface area contributed by atoms with E-state index in [4.69, 9.17) is 17.5 Å². The first-order chi connectivity index (χ1) is 13.8. The lowest BCUT2D eigenvalue weighted by Gasteiger charge is -2.29. The molecule has 0 aromatic carbocycles. The SMILES string of the molecule is C=C(C)C(=O)NC[N+](C)(C)CCC.C=C(C)C(=O)NC[N+](C)(C)CCC.O=S(=O)([O-])[O-]. The predicted octanol–water partition coefficient (Wildman–Crippen LogP) is 0.907. The summed E-state index contributed by atoms with van der Waals surface area (Å²) in [7, 11) is 3.23. The van der Waals surface area contributed by atoms with Crippen LogP contribution in [0.15, 0.2) is 24.3 Å². The van der Waals surface area contributed by atoms with Gasteiger partial charge in [-0.15, -0.1) is 0 Å². The second-order valence-electron chi connectivity index (χ2n) is 8.62. The molecule has 0 unspecified atom stereocenters. The van der Waals surface area contributed by atoms with E-state index in [0.717, 1.165) is 34.9 Å². The van der Waals surface area contributed by atoms with Gasteiger partial charge in [0.25, 0.3) is 11.8 Å². The third-order valence-electron chi connectivity index (χ3n) is 3.77. The highest BCUT2D eigenvalue weighted by Crippen LogP contribution is 1.98. The second-order valence-corrected chi connectivity index (χ2v) is 9.43. The molecule has 0 saturated heterocycles. The van der Waals surface area contributed by atoms with Crippen LogP contribution in [0.2, 0.25) is 0 Å². The molecule has 0 aliphatic rings. The Hall–Kier alpha value is -1.79. The molecule has 0 bridgehead atoms. The Morgan fingerprint density at radius 2 is 1.00 bits per heavy atom. The quantitative estimate of drug-likeness (QED) is 0.161. The minimum atomic E-state index is -5.17. The number of rotatable bonds is 10. The third-order valence-corrected chi connectivity index (χ3v) is 3.77. The minimum Gasteiger partial charge on any atom is -0.759 e. The molecule has 0 rings (SSSR count). The molecule has 0 aliphatic heterocycles. The van der Waals surface area contributed by atoms with E-state index >= 15 is 0 Å². The fraction of sp³-hybridized carbons (Fsp3) is 0.700. The van der Waals surface area contributed by atoms with E-state index in [2.05, 4.69) is 65.8 Å². The van der Waals surface area contributed by atoms with Gasteiger partial charge in [0.05, 0.1) is 41.3 Å². The fourth-order valence-electron chi connectivity index (χ4n) is 2.24. The van der Waals surface area contributed by atoms with Gasteiger partial charge < -0.3 is 28.7 Å². The average molecular weight is 467 g/mol. The maximum Gasteiger partial charge on any atom is 0.250 e. The van der Waals surface area contributed by atoms with Gasteiger partial charge in [-0.25, -0.2) is 0 Å². The van der Waals surface area contributed by atoms with Gasteiger partial charge in [-0.3, -0.25) is 18.0 Å². The third kappa shape index (κ3) is 28.2. The number of nitrogens with zero attached hydrogens (tertiary/aromatic N) is 2. The zero-order chi connectivity index (χ0) is 25.5. The Bertz CT molecular complexity index is 636. The van der Waals surface area contributed by atoms with E-state index in [1.165, 1.54) is 0 Å². The molecular weight excluding hydrogens is 424 g/mol. The van der Waals surface area contributed by atoms with Gasteiger partial charge in [-0.1, -0.05) is 27.0 Å². The summed E-state index contributed by atoms with van der Waals surface area (Å²) in [5.41, 5.74) is 1.13. The van der Waals surface area contributed by atoms with E-state index in [-0.39, 0.29) is 11.8 Å². The summed E-state index contributed by atoms with van der Waals surface area (Å²) < 4.78 is 35.7. The molecule has 184 valence electrons. The average Bonchev–Trinajstić information content (AvgIpc) is 2.56. The first-order valence-electron chi connectivity index (χ1n) is 9.96. The second kappa shape index (κ2) is 15.9. The fourth-order valence-corrected chi connectivity index (χ4v) is 2.24. The summed E-state index contributed by atoms with van der Waals surface area (Å²) >= 11 is 0. The van der Waals surface area contributed by atoms with Gasteiger partial charge in [-0.2, -0.15) is 0 Å². The Morgan fingerprint density at radius 1 is 0.774 bits per heavy atom. The number of hydrogen-bond donors (Lipinski definition) is 2. The molecular formula is C20H42N4O6S. The van der Waals surface area contributed by atoms with Crippen LogP contribution in [0.3, 0.4) is 0 Å². The van der Waals surface area contributed by atoms with E-state index in [9.17, 15) is 9.59 Å². The molecule has 31 heavy (non-hydrogen) atoms. The van der Waals surface area contributed by atoms with Crippen molar-refractivity contribution in [2.75, 3.05) is 54.6 Å². The smallest absolute Gasteiger partial charge is 0.250 e. The van der Waals surface area contributed by atoms with E-state index in [0.29, 0.717) is 24.5 Å². The summed E-state index contributed by atoms with van der Waals surface area (Å²) in [5, 5.41) is 5.68. The first kappa shape index (κ1) is 33.8. The van der Waals surface area contributed by atoms with Crippen LogP contribution in [0, 0.1) is 0 Å². The largest absolute Gasteiger partial charge is 0.759 e. The lowest BCUT2D eigenvalue weighted by molar-refractivity contribution is -0.892. The molecule has 0 atom stereocenters. The van der Waals surface area contributed by atoms with Crippen molar-refractivity contribution in [3.05, 3.63) is 24.3 Å². The monoisotopic (exact) mass is 466 g/mol. The minimum absolute atomic E-state index is 0.0534. The number of carbonyl (C=O) groups excluding carboxylic acids is 2. The zero-order valence-electron chi connectivity index (χ0n) is 20.4. The number of nitrogens with one attached hydrogen (secondary N) is 2. The normalized spacial score (nSPS) is 11.2. The van der Waals surface area contributed by atoms with E-state index in [1.807, 2.05) is 0 Å². The van der Waals surface area contributed by atoms with Gasteiger partial charge in [0, 0.05) is 21.5 Å². The van der Waals surface area contributed by atoms with Crippen molar-refractivity contribution < 1.29 is 36.1 Å². The summed E-state index contributed by atoms with van der Waals surface area (Å²) in [6.45, 7) is 18.3. The van der Waals surface area contributed by atoms with Crippen LogP contribution in [0.25, 0.3) is 0 Å². The lowest BCUT2D eigenvalue weighted by atomic mass is 10.3. The van der Waals surface area contributed by atoms with Gasteiger partial charge in [0.15, 0.2) is 13.3 Å². The summed E-state index contributed by atoms with van der Waals surface area (Å²) in [6.07, 6.45) is 2.24. The first-order valence-corrected chi connectivity index (χ1v) is 11.3. The van der Waals surface area contributed by atoms with Crippen molar-refractivity contribution in [2.45, 2.75) is 40.5 Å². The van der Waals surface area contributed by atoms with Crippen LogP contribution in [0.1, 0.15) is 40.5 Å². The van der Waals surface area contributed by atoms with Crippen molar-refractivity contribution in [1.29, 1.82) is 0 Å². The number of hydrogen-bond acceptors (Lipinski definition) is 6. The van der Waals surface area contributed by atoms with E-state index in [1.54, 1.807) is 13.8 Å². The van der Waals surface area contributed by atoms with Gasteiger partial charge in [0.1, 0.15) is 0 Å². The highest BCUT2D eigenvalue weighted by molar-refractivity contribution is 7.79. The summed E-state index contributed by atoms with van der Waals surface area (Å²) in [6, 6.07) is 0. The predicted molar refractivity (Wildman–Crippen MR) is 121 cm³/mol. The molecule has 0 aromatic rings. The molecule has 10 nitrogen and oxygen atoms in total. The molecule has 0 fully saturated rings. The molecule has 2 N–H and O–H groups in total. The van der Waals surface area contributed by atoms with Crippen LogP contribution >= 0.6 is 0 Å². The standard InChI is InChI=1S/2C10H20N2O.H2O4S/c2*1-6-7-12(4,5)8-11-10(13)9(2)3;1-5(2,3)4/h2*2,6-8H2,1,3-5H3;(H2,1,2,3,4). The molecule has 0 spiro atoms. The maximum absolute atomic E-state index is 11.2. The number of quaternary nitrogens is 2. The van der Waals surface area contributed by atoms with Crippen LogP contribution in [-0.2, 0) is 20.0 Å². The van der Waals surface area contributed by atoms with Crippen LogP contribution in [0.4, 0.5) is 0 Å². The van der Waals surface area contributed by atoms with Crippen molar-refractivity contribution in [3.8, 4) is 0 Å². The van der Waals surface area contributed by atoms with Crippen LogP contribution in [-0.4, -0.2) is 92.9 Å². The summed E-state index contributed by atoms with van der Waals surface area (Å²) in [5.74, 6) is -0.107. The Kier molecular flexibility index (Phi) is 17.4. The van der Waals surface area contributed by atoms with E-state index < -0.39 is 10.4 Å². The summed E-state index contributed by atoms with van der Waals surface area (Å²) in [4.78, 5) is 22.3. The number of carbonyl (C=O) groups is 2. The van der Waals surface area contributed by atoms with Crippen molar-refractivity contribution in [1.82, 2.24) is 10.6 Å². The molecule has 0 aliphatic carbocycles.